The van der Waals surface area contributed by atoms with Crippen LogP contribution in [0.5, 0.6) is 0 Å². The van der Waals surface area contributed by atoms with Crippen LogP contribution in [0, 0.1) is 0 Å². The van der Waals surface area contributed by atoms with Crippen LogP contribution in [-0.4, -0.2) is 67.0 Å². The molecule has 0 aliphatic carbocycles. The first-order valence-electron chi connectivity index (χ1n) is 9.40. The van der Waals surface area contributed by atoms with Gasteiger partial charge in [0.05, 0.1) is 16.9 Å². The highest BCUT2D eigenvalue weighted by atomic mass is 35.5. The molecule has 3 heterocycles. The quantitative estimate of drug-likeness (QED) is 0.629. The van der Waals surface area contributed by atoms with E-state index in [1.54, 1.807) is 22.3 Å². The number of rotatable bonds is 8. The molecule has 0 saturated carbocycles. The predicted molar refractivity (Wildman–Crippen MR) is 119 cm³/mol. The SMILES string of the molecule is C=CCN(Cc1ccc(Cl)s1)C(=O)NCC(c1cccs1)N1CCN(C)CC1. The molecule has 2 aromatic rings. The Kier molecular flexibility index (Phi) is 7.93. The number of amides is 2. The molecule has 5 nitrogen and oxygen atoms in total. The second kappa shape index (κ2) is 10.4. The van der Waals surface area contributed by atoms with Crippen molar-refractivity contribution in [3.8, 4) is 0 Å². The van der Waals surface area contributed by atoms with Gasteiger partial charge in [-0.3, -0.25) is 4.90 Å². The van der Waals surface area contributed by atoms with Gasteiger partial charge in [0, 0.05) is 49.0 Å². The molecule has 1 atom stereocenters. The number of nitrogens with zero attached hydrogens (tertiary/aromatic N) is 3. The predicted octanol–water partition coefficient (Wildman–Crippen LogP) is 4.15. The van der Waals surface area contributed by atoms with Crippen molar-refractivity contribution >= 4 is 40.3 Å². The fourth-order valence-electron chi connectivity index (χ4n) is 3.32. The third kappa shape index (κ3) is 5.81. The maximum Gasteiger partial charge on any atom is 0.318 e. The Balaban J connectivity index is 1.63. The second-order valence-corrected chi connectivity index (χ2v) is 9.71. The standard InChI is InChI=1S/C20H27ClN4OS2/c1-3-8-25(15-16-6-7-19(21)28-16)20(26)22-14-17(18-5-4-13-27-18)24-11-9-23(2)10-12-24/h3-7,13,17H,1,8-12,14-15H2,2H3,(H,22,26). The van der Waals surface area contributed by atoms with E-state index in [1.165, 1.54) is 16.2 Å². The lowest BCUT2D eigenvalue weighted by molar-refractivity contribution is 0.111. The summed E-state index contributed by atoms with van der Waals surface area (Å²) in [4.78, 5) is 21.8. The summed E-state index contributed by atoms with van der Waals surface area (Å²) in [6.07, 6.45) is 1.76. The molecule has 1 fully saturated rings. The molecular formula is C20H27ClN4OS2. The minimum Gasteiger partial charge on any atom is -0.336 e. The number of thiophene rings is 2. The Morgan fingerprint density at radius 2 is 2.14 bits per heavy atom. The number of piperazine rings is 1. The van der Waals surface area contributed by atoms with Crippen molar-refractivity contribution in [1.29, 1.82) is 0 Å². The first-order valence-corrected chi connectivity index (χ1v) is 11.5. The molecular weight excluding hydrogens is 412 g/mol. The molecule has 1 N–H and O–H groups in total. The maximum atomic E-state index is 12.9. The fraction of sp³-hybridized carbons (Fsp3) is 0.450. The molecule has 0 spiro atoms. The van der Waals surface area contributed by atoms with Crippen LogP contribution in [0.25, 0.3) is 0 Å². The van der Waals surface area contributed by atoms with E-state index < -0.39 is 0 Å². The Hall–Kier alpha value is -1.38. The van der Waals surface area contributed by atoms with E-state index in [0.29, 0.717) is 19.6 Å². The number of nitrogens with one attached hydrogen (secondary N) is 1. The summed E-state index contributed by atoms with van der Waals surface area (Å²) in [5.74, 6) is 0. The van der Waals surface area contributed by atoms with Crippen molar-refractivity contribution in [3.63, 3.8) is 0 Å². The van der Waals surface area contributed by atoms with Crippen LogP contribution >= 0.6 is 34.3 Å². The summed E-state index contributed by atoms with van der Waals surface area (Å²) in [6, 6.07) is 8.21. The maximum absolute atomic E-state index is 12.9. The highest BCUT2D eigenvalue weighted by molar-refractivity contribution is 7.16. The summed E-state index contributed by atoms with van der Waals surface area (Å²) in [5, 5.41) is 5.26. The molecule has 28 heavy (non-hydrogen) atoms. The van der Waals surface area contributed by atoms with Gasteiger partial charge in [-0.15, -0.1) is 29.3 Å². The average Bonchev–Trinajstić information content (AvgIpc) is 3.35. The molecule has 0 aromatic carbocycles. The first kappa shape index (κ1) is 21.3. The molecule has 1 aliphatic rings. The smallest absolute Gasteiger partial charge is 0.318 e. The van der Waals surface area contributed by atoms with E-state index in [9.17, 15) is 4.79 Å². The van der Waals surface area contributed by atoms with Crippen molar-refractivity contribution < 1.29 is 4.79 Å². The van der Waals surface area contributed by atoms with E-state index in [-0.39, 0.29) is 12.1 Å². The average molecular weight is 439 g/mol. The normalized spacial score (nSPS) is 16.6. The van der Waals surface area contributed by atoms with E-state index in [2.05, 4.69) is 46.3 Å². The third-order valence-corrected chi connectivity index (χ3v) is 7.10. The molecule has 8 heteroatoms. The molecule has 3 rings (SSSR count). The van der Waals surface area contributed by atoms with E-state index in [1.807, 2.05) is 12.1 Å². The zero-order valence-electron chi connectivity index (χ0n) is 16.1. The highest BCUT2D eigenvalue weighted by Gasteiger charge is 2.26. The number of hydrogen-bond donors (Lipinski definition) is 1. The largest absolute Gasteiger partial charge is 0.336 e. The van der Waals surface area contributed by atoms with Gasteiger partial charge in [-0.25, -0.2) is 4.79 Å². The van der Waals surface area contributed by atoms with Gasteiger partial charge >= 0.3 is 6.03 Å². The minimum absolute atomic E-state index is 0.0693. The molecule has 1 saturated heterocycles. The summed E-state index contributed by atoms with van der Waals surface area (Å²) in [7, 11) is 2.16. The van der Waals surface area contributed by atoms with Gasteiger partial charge in [0.15, 0.2) is 0 Å². The van der Waals surface area contributed by atoms with Crippen molar-refractivity contribution in [3.05, 3.63) is 56.4 Å². The summed E-state index contributed by atoms with van der Waals surface area (Å²) in [6.45, 7) is 9.56. The Bertz CT molecular complexity index is 756. The zero-order valence-corrected chi connectivity index (χ0v) is 18.5. The first-order chi connectivity index (χ1) is 13.6. The van der Waals surface area contributed by atoms with Crippen LogP contribution < -0.4 is 5.32 Å². The number of hydrogen-bond acceptors (Lipinski definition) is 5. The second-order valence-electron chi connectivity index (χ2n) is 6.93. The number of carbonyl (C=O) groups excluding carboxylic acids is 1. The molecule has 2 amide bonds. The number of likely N-dealkylation sites (N-methyl/N-ethyl adjacent to an activating group) is 1. The van der Waals surface area contributed by atoms with Crippen molar-refractivity contribution in [2.24, 2.45) is 0 Å². The molecule has 1 unspecified atom stereocenters. The molecule has 0 bridgehead atoms. The van der Waals surface area contributed by atoms with Crippen molar-refractivity contribution in [2.45, 2.75) is 12.6 Å². The number of halogens is 1. The Morgan fingerprint density at radius 1 is 1.36 bits per heavy atom. The number of urea groups is 1. The molecule has 0 radical (unpaired) electrons. The van der Waals surface area contributed by atoms with Crippen LogP contribution in [0.2, 0.25) is 4.34 Å². The van der Waals surface area contributed by atoms with Gasteiger partial charge in [-0.1, -0.05) is 23.7 Å². The summed E-state index contributed by atoms with van der Waals surface area (Å²) in [5.41, 5.74) is 0. The van der Waals surface area contributed by atoms with Gasteiger partial charge in [0.1, 0.15) is 0 Å². The third-order valence-electron chi connectivity index (χ3n) is 4.91. The minimum atomic E-state index is -0.0693. The zero-order chi connectivity index (χ0) is 19.9. The Morgan fingerprint density at radius 3 is 2.75 bits per heavy atom. The summed E-state index contributed by atoms with van der Waals surface area (Å²) >= 11 is 9.28. The van der Waals surface area contributed by atoms with Gasteiger partial charge in [-0.2, -0.15) is 0 Å². The van der Waals surface area contributed by atoms with Crippen molar-refractivity contribution in [2.75, 3.05) is 46.3 Å². The van der Waals surface area contributed by atoms with Gasteiger partial charge in [0.25, 0.3) is 0 Å². The molecule has 2 aromatic heterocycles. The topological polar surface area (TPSA) is 38.8 Å². The number of carbonyl (C=O) groups is 1. The van der Waals surface area contributed by atoms with Gasteiger partial charge in [0.2, 0.25) is 0 Å². The van der Waals surface area contributed by atoms with Crippen LogP contribution in [0.1, 0.15) is 15.8 Å². The highest BCUT2D eigenvalue weighted by Crippen LogP contribution is 2.26. The van der Waals surface area contributed by atoms with Crippen LogP contribution in [0.4, 0.5) is 4.79 Å². The van der Waals surface area contributed by atoms with E-state index in [4.69, 9.17) is 11.6 Å². The fourth-order valence-corrected chi connectivity index (χ4v) is 5.28. The van der Waals surface area contributed by atoms with E-state index in [0.717, 1.165) is 35.4 Å². The van der Waals surface area contributed by atoms with Crippen LogP contribution in [0.3, 0.4) is 0 Å². The molecule has 1 aliphatic heterocycles. The lowest BCUT2D eigenvalue weighted by Gasteiger charge is -2.38. The van der Waals surface area contributed by atoms with Gasteiger partial charge < -0.3 is 15.1 Å². The Labute approximate surface area is 180 Å². The monoisotopic (exact) mass is 438 g/mol. The summed E-state index contributed by atoms with van der Waals surface area (Å²) < 4.78 is 0.738. The van der Waals surface area contributed by atoms with Crippen LogP contribution in [-0.2, 0) is 6.54 Å². The lowest BCUT2D eigenvalue weighted by Crippen LogP contribution is -2.49. The van der Waals surface area contributed by atoms with Crippen LogP contribution in [0.15, 0.2) is 42.3 Å². The van der Waals surface area contributed by atoms with Gasteiger partial charge in [-0.05, 0) is 30.6 Å². The molecule has 152 valence electrons. The van der Waals surface area contributed by atoms with E-state index >= 15 is 0 Å². The van der Waals surface area contributed by atoms with Crippen molar-refractivity contribution in [1.82, 2.24) is 20.0 Å². The lowest BCUT2D eigenvalue weighted by atomic mass is 10.1.